The average Bonchev–Trinajstić information content (AvgIpc) is 3.11. The van der Waals surface area contributed by atoms with Gasteiger partial charge in [-0.1, -0.05) is 48.0 Å². The zero-order valence-corrected chi connectivity index (χ0v) is 14.5. The van der Waals surface area contributed by atoms with Crippen LogP contribution in [0.1, 0.15) is 21.6 Å². The van der Waals surface area contributed by atoms with E-state index in [1.807, 2.05) is 40.6 Å². The van der Waals surface area contributed by atoms with Crippen LogP contribution in [0.4, 0.5) is 0 Å². The largest absolute Gasteiger partial charge is 0.333 e. The first-order valence-corrected chi connectivity index (χ1v) is 9.04. The Kier molecular flexibility index (Phi) is 4.08. The molecule has 0 spiro atoms. The van der Waals surface area contributed by atoms with Crippen LogP contribution in [-0.4, -0.2) is 22.3 Å². The second-order valence-corrected chi connectivity index (χ2v) is 7.08. The Morgan fingerprint density at radius 2 is 1.83 bits per heavy atom. The summed E-state index contributed by atoms with van der Waals surface area (Å²) in [6.45, 7) is 1.40. The highest BCUT2D eigenvalue weighted by Crippen LogP contribution is 2.26. The van der Waals surface area contributed by atoms with E-state index in [0.717, 1.165) is 23.5 Å². The molecule has 0 fully saturated rings. The Hall–Kier alpha value is -2.17. The highest BCUT2D eigenvalue weighted by atomic mass is 35.5. The van der Waals surface area contributed by atoms with Crippen molar-refractivity contribution in [1.29, 1.82) is 0 Å². The maximum Gasteiger partial charge on any atom is 0.273 e. The van der Waals surface area contributed by atoms with E-state index >= 15 is 0 Å². The molecule has 1 aromatic heterocycles. The molecule has 0 saturated carbocycles. The Bertz CT molecular complexity index is 888. The topological polar surface area (TPSA) is 33.2 Å². The summed E-state index contributed by atoms with van der Waals surface area (Å²) in [6, 6.07) is 15.8. The third-order valence-corrected chi connectivity index (χ3v) is 5.38. The highest BCUT2D eigenvalue weighted by molar-refractivity contribution is 7.13. The molecule has 0 aliphatic carbocycles. The van der Waals surface area contributed by atoms with Gasteiger partial charge >= 0.3 is 0 Å². The molecule has 5 heteroatoms. The van der Waals surface area contributed by atoms with Crippen molar-refractivity contribution < 1.29 is 4.79 Å². The van der Waals surface area contributed by atoms with Gasteiger partial charge in [-0.2, -0.15) is 0 Å². The van der Waals surface area contributed by atoms with Crippen molar-refractivity contribution in [3.63, 3.8) is 0 Å². The Balaban J connectivity index is 1.55. The zero-order chi connectivity index (χ0) is 16.5. The molecule has 0 atom stereocenters. The molecule has 1 aliphatic rings. The molecule has 1 amide bonds. The smallest absolute Gasteiger partial charge is 0.273 e. The van der Waals surface area contributed by atoms with Crippen molar-refractivity contribution in [3.05, 3.63) is 75.8 Å². The lowest BCUT2D eigenvalue weighted by Crippen LogP contribution is -2.36. The first kappa shape index (κ1) is 15.4. The van der Waals surface area contributed by atoms with Crippen LogP contribution < -0.4 is 0 Å². The summed E-state index contributed by atoms with van der Waals surface area (Å²) < 4.78 is 0. The molecule has 1 aliphatic heterocycles. The molecule has 0 bridgehead atoms. The molecule has 120 valence electrons. The minimum absolute atomic E-state index is 0.000895. The lowest BCUT2D eigenvalue weighted by molar-refractivity contribution is 0.0729. The Morgan fingerprint density at radius 1 is 1.08 bits per heavy atom. The van der Waals surface area contributed by atoms with Gasteiger partial charge in [-0.15, -0.1) is 11.3 Å². The molecular formula is C19H15ClN2OS. The van der Waals surface area contributed by atoms with Crippen LogP contribution in [0, 0.1) is 0 Å². The van der Waals surface area contributed by atoms with E-state index in [4.69, 9.17) is 11.6 Å². The van der Waals surface area contributed by atoms with Crippen molar-refractivity contribution in [1.82, 2.24) is 9.88 Å². The molecule has 2 aromatic carbocycles. The summed E-state index contributed by atoms with van der Waals surface area (Å²) in [5, 5.41) is 3.37. The predicted octanol–water partition coefficient (Wildman–Crippen LogP) is 4.66. The van der Waals surface area contributed by atoms with Gasteiger partial charge in [0.15, 0.2) is 0 Å². The average molecular weight is 355 g/mol. The summed E-state index contributed by atoms with van der Waals surface area (Å²) in [5.41, 5.74) is 4.06. The number of nitrogens with zero attached hydrogens (tertiary/aromatic N) is 2. The molecule has 0 radical (unpaired) electrons. The van der Waals surface area contributed by atoms with E-state index in [1.165, 1.54) is 22.5 Å². The van der Waals surface area contributed by atoms with Gasteiger partial charge in [-0.3, -0.25) is 4.79 Å². The van der Waals surface area contributed by atoms with E-state index in [9.17, 15) is 4.79 Å². The first-order chi connectivity index (χ1) is 11.7. The van der Waals surface area contributed by atoms with Crippen LogP contribution in [0.3, 0.4) is 0 Å². The molecule has 3 nitrogen and oxygen atoms in total. The van der Waals surface area contributed by atoms with Gasteiger partial charge in [0, 0.05) is 29.1 Å². The fraction of sp³-hybridized carbons (Fsp3) is 0.158. The molecule has 3 aromatic rings. The number of amides is 1. The van der Waals surface area contributed by atoms with Gasteiger partial charge in [-0.25, -0.2) is 4.98 Å². The van der Waals surface area contributed by atoms with E-state index < -0.39 is 0 Å². The van der Waals surface area contributed by atoms with Gasteiger partial charge in [0.2, 0.25) is 0 Å². The fourth-order valence-electron chi connectivity index (χ4n) is 2.93. The second kappa shape index (κ2) is 6.38. The Morgan fingerprint density at radius 3 is 2.62 bits per heavy atom. The van der Waals surface area contributed by atoms with E-state index in [0.29, 0.717) is 17.3 Å². The van der Waals surface area contributed by atoms with E-state index in [-0.39, 0.29) is 5.91 Å². The number of hydrogen-bond acceptors (Lipinski definition) is 3. The zero-order valence-electron chi connectivity index (χ0n) is 12.9. The van der Waals surface area contributed by atoms with Crippen molar-refractivity contribution in [2.75, 3.05) is 6.54 Å². The van der Waals surface area contributed by atoms with Crippen molar-refractivity contribution in [3.8, 4) is 10.6 Å². The standard InChI is InChI=1S/C19H15ClN2OS/c20-16-7-5-14(6-8-16)18-21-17(12-24-18)19(23)22-10-9-13-3-1-2-4-15(13)11-22/h1-8,12H,9-11H2. The number of carbonyl (C=O) groups excluding carboxylic acids is 1. The quantitative estimate of drug-likeness (QED) is 0.670. The number of fused-ring (bicyclic) bond motifs is 1. The molecule has 2 heterocycles. The molecule has 0 saturated heterocycles. The summed E-state index contributed by atoms with van der Waals surface area (Å²) in [5.74, 6) is 0.000895. The van der Waals surface area contributed by atoms with E-state index in [2.05, 4.69) is 23.2 Å². The van der Waals surface area contributed by atoms with Crippen molar-refractivity contribution in [2.24, 2.45) is 0 Å². The summed E-state index contributed by atoms with van der Waals surface area (Å²) >= 11 is 7.40. The number of carbonyl (C=O) groups is 1. The summed E-state index contributed by atoms with van der Waals surface area (Å²) in [7, 11) is 0. The summed E-state index contributed by atoms with van der Waals surface area (Å²) in [4.78, 5) is 19.2. The van der Waals surface area contributed by atoms with Crippen LogP contribution in [0.2, 0.25) is 5.02 Å². The van der Waals surface area contributed by atoms with Gasteiger partial charge in [0.05, 0.1) is 0 Å². The lowest BCUT2D eigenvalue weighted by atomic mass is 10.00. The van der Waals surface area contributed by atoms with Crippen LogP contribution in [0.5, 0.6) is 0 Å². The van der Waals surface area contributed by atoms with Crippen LogP contribution in [0.15, 0.2) is 53.9 Å². The number of hydrogen-bond donors (Lipinski definition) is 0. The third-order valence-electron chi connectivity index (χ3n) is 4.23. The third kappa shape index (κ3) is 2.95. The SMILES string of the molecule is O=C(c1csc(-c2ccc(Cl)cc2)n1)N1CCc2ccccc2C1. The molecular weight excluding hydrogens is 340 g/mol. The van der Waals surface area contributed by atoms with Gasteiger partial charge in [0.25, 0.3) is 5.91 Å². The van der Waals surface area contributed by atoms with Crippen LogP contribution in [0.25, 0.3) is 10.6 Å². The van der Waals surface area contributed by atoms with Gasteiger partial charge in [-0.05, 0) is 29.7 Å². The molecule has 0 unspecified atom stereocenters. The van der Waals surface area contributed by atoms with Crippen LogP contribution >= 0.6 is 22.9 Å². The normalized spacial score (nSPS) is 13.6. The number of halogens is 1. The maximum absolute atomic E-state index is 12.8. The highest BCUT2D eigenvalue weighted by Gasteiger charge is 2.23. The minimum Gasteiger partial charge on any atom is -0.333 e. The van der Waals surface area contributed by atoms with Crippen LogP contribution in [-0.2, 0) is 13.0 Å². The van der Waals surface area contributed by atoms with Crippen molar-refractivity contribution in [2.45, 2.75) is 13.0 Å². The summed E-state index contributed by atoms with van der Waals surface area (Å²) in [6.07, 6.45) is 0.899. The Labute approximate surface area is 149 Å². The number of thiazole rings is 1. The maximum atomic E-state index is 12.8. The second-order valence-electron chi connectivity index (χ2n) is 5.79. The van der Waals surface area contributed by atoms with Crippen molar-refractivity contribution >= 4 is 28.8 Å². The predicted molar refractivity (Wildman–Crippen MR) is 97.4 cm³/mol. The number of rotatable bonds is 2. The van der Waals surface area contributed by atoms with E-state index in [1.54, 1.807) is 0 Å². The first-order valence-electron chi connectivity index (χ1n) is 7.78. The molecule has 24 heavy (non-hydrogen) atoms. The number of benzene rings is 2. The number of aromatic nitrogens is 1. The van der Waals surface area contributed by atoms with Gasteiger partial charge in [0.1, 0.15) is 10.7 Å². The minimum atomic E-state index is 0.000895. The molecule has 0 N–H and O–H groups in total. The fourth-order valence-corrected chi connectivity index (χ4v) is 3.85. The molecule has 4 rings (SSSR count). The monoisotopic (exact) mass is 354 g/mol. The van der Waals surface area contributed by atoms with Gasteiger partial charge < -0.3 is 4.90 Å². The lowest BCUT2D eigenvalue weighted by Gasteiger charge is -2.28.